The maximum atomic E-state index is 12.5. The molecule has 94 valence electrons. The average Bonchev–Trinajstić information content (AvgIpc) is 2.81. The Morgan fingerprint density at radius 3 is 2.95 bits per heavy atom. The van der Waals surface area contributed by atoms with Crippen molar-refractivity contribution in [1.82, 2.24) is 14.2 Å². The van der Waals surface area contributed by atoms with Crippen LogP contribution in [-0.4, -0.2) is 14.2 Å². The van der Waals surface area contributed by atoms with Gasteiger partial charge in [0, 0.05) is 12.6 Å². The van der Waals surface area contributed by atoms with Crippen molar-refractivity contribution in [3.05, 3.63) is 46.4 Å². The van der Waals surface area contributed by atoms with Crippen LogP contribution in [-0.2, 0) is 6.54 Å². The molecule has 3 aromatic rings. The van der Waals surface area contributed by atoms with Gasteiger partial charge in [0.2, 0.25) is 0 Å². The van der Waals surface area contributed by atoms with Gasteiger partial charge in [-0.2, -0.15) is 10.4 Å². The molecule has 2 heterocycles. The molecule has 0 atom stereocenters. The first-order valence-electron chi connectivity index (χ1n) is 6.07. The Hall–Kier alpha value is -2.61. The number of rotatable bonds is 2. The van der Waals surface area contributed by atoms with E-state index in [2.05, 4.69) is 11.2 Å². The summed E-state index contributed by atoms with van der Waals surface area (Å²) in [4.78, 5) is 12.5. The zero-order valence-electron chi connectivity index (χ0n) is 10.5. The van der Waals surface area contributed by atoms with E-state index in [1.807, 2.05) is 31.2 Å². The van der Waals surface area contributed by atoms with Crippen LogP contribution in [0.5, 0.6) is 0 Å². The van der Waals surface area contributed by atoms with E-state index in [0.29, 0.717) is 18.4 Å². The van der Waals surface area contributed by atoms with Gasteiger partial charge in [-0.1, -0.05) is 12.1 Å². The molecule has 0 aliphatic rings. The molecule has 5 nitrogen and oxygen atoms in total. The van der Waals surface area contributed by atoms with Gasteiger partial charge in [-0.05, 0) is 19.1 Å². The Labute approximate surface area is 109 Å². The van der Waals surface area contributed by atoms with E-state index in [4.69, 9.17) is 5.26 Å². The van der Waals surface area contributed by atoms with E-state index >= 15 is 0 Å². The summed E-state index contributed by atoms with van der Waals surface area (Å²) in [5.41, 5.74) is 2.31. The van der Waals surface area contributed by atoms with E-state index in [1.54, 1.807) is 15.1 Å². The third kappa shape index (κ3) is 1.69. The smallest absolute Gasteiger partial charge is 0.261 e. The topological polar surface area (TPSA) is 63.1 Å². The lowest BCUT2D eigenvalue weighted by Gasteiger charge is -2.08. The highest BCUT2D eigenvalue weighted by atomic mass is 16.1. The minimum Gasteiger partial charge on any atom is -0.291 e. The van der Waals surface area contributed by atoms with Crippen LogP contribution >= 0.6 is 0 Å². The van der Waals surface area contributed by atoms with Crippen LogP contribution in [0.1, 0.15) is 12.1 Å². The van der Waals surface area contributed by atoms with E-state index in [-0.39, 0.29) is 5.56 Å². The Morgan fingerprint density at radius 1 is 1.37 bits per heavy atom. The van der Waals surface area contributed by atoms with Crippen LogP contribution < -0.4 is 5.56 Å². The second kappa shape index (κ2) is 4.25. The van der Waals surface area contributed by atoms with Gasteiger partial charge >= 0.3 is 0 Å². The molecular formula is C14H12N4O. The molecule has 2 aromatic heterocycles. The average molecular weight is 252 g/mol. The first-order chi connectivity index (χ1) is 9.22. The minimum atomic E-state index is -0.0711. The molecule has 3 rings (SSSR count). The molecule has 0 spiro atoms. The second-order valence-electron chi connectivity index (χ2n) is 4.44. The third-order valence-corrected chi connectivity index (χ3v) is 3.14. The van der Waals surface area contributed by atoms with E-state index in [0.717, 1.165) is 16.9 Å². The molecule has 1 aromatic carbocycles. The van der Waals surface area contributed by atoms with Crippen molar-refractivity contribution in [1.29, 1.82) is 5.26 Å². The van der Waals surface area contributed by atoms with Crippen molar-refractivity contribution in [3.8, 4) is 6.07 Å². The predicted octanol–water partition coefficient (Wildman–Crippen LogP) is 1.87. The summed E-state index contributed by atoms with van der Waals surface area (Å²) in [6.07, 6.45) is 0.304. The molecule has 0 saturated heterocycles. The highest BCUT2D eigenvalue weighted by Crippen LogP contribution is 2.14. The van der Waals surface area contributed by atoms with Crippen LogP contribution in [0.15, 0.2) is 35.1 Å². The number of para-hydroxylation sites is 1. The molecule has 19 heavy (non-hydrogen) atoms. The minimum absolute atomic E-state index is 0.0711. The second-order valence-corrected chi connectivity index (χ2v) is 4.44. The number of aromatic nitrogens is 3. The van der Waals surface area contributed by atoms with Crippen LogP contribution in [0.25, 0.3) is 16.6 Å². The highest BCUT2D eigenvalue weighted by molar-refractivity contribution is 5.80. The zero-order valence-corrected chi connectivity index (χ0v) is 10.5. The summed E-state index contributed by atoms with van der Waals surface area (Å²) >= 11 is 0. The van der Waals surface area contributed by atoms with Crippen molar-refractivity contribution < 1.29 is 0 Å². The Kier molecular flexibility index (Phi) is 2.57. The maximum Gasteiger partial charge on any atom is 0.261 e. The summed E-state index contributed by atoms with van der Waals surface area (Å²) < 4.78 is 3.38. The van der Waals surface area contributed by atoms with Crippen molar-refractivity contribution in [3.63, 3.8) is 0 Å². The molecule has 0 unspecified atom stereocenters. The van der Waals surface area contributed by atoms with Crippen LogP contribution in [0, 0.1) is 18.3 Å². The first kappa shape index (κ1) is 11.5. The molecule has 0 N–H and O–H groups in total. The Bertz CT molecular complexity index is 867. The fraction of sp³-hybridized carbons (Fsp3) is 0.214. The van der Waals surface area contributed by atoms with E-state index in [1.165, 1.54) is 0 Å². The molecule has 0 saturated carbocycles. The van der Waals surface area contributed by atoms with E-state index < -0.39 is 0 Å². The number of nitriles is 1. The lowest BCUT2D eigenvalue weighted by Crippen LogP contribution is -2.22. The zero-order chi connectivity index (χ0) is 13.4. The number of aryl methyl sites for hydroxylation is 2. The van der Waals surface area contributed by atoms with Crippen LogP contribution in [0.2, 0.25) is 0 Å². The first-order valence-corrected chi connectivity index (χ1v) is 6.07. The number of hydrogen-bond acceptors (Lipinski definition) is 3. The van der Waals surface area contributed by atoms with Crippen LogP contribution in [0.3, 0.4) is 0 Å². The summed E-state index contributed by atoms with van der Waals surface area (Å²) in [5, 5.41) is 13.8. The Morgan fingerprint density at radius 2 is 2.16 bits per heavy atom. The van der Waals surface area contributed by atoms with Gasteiger partial charge in [0.25, 0.3) is 5.56 Å². The summed E-state index contributed by atoms with van der Waals surface area (Å²) in [6, 6.07) is 11.3. The number of benzene rings is 1. The third-order valence-electron chi connectivity index (χ3n) is 3.14. The normalized spacial score (nSPS) is 10.9. The summed E-state index contributed by atoms with van der Waals surface area (Å²) in [7, 11) is 0. The maximum absolute atomic E-state index is 12.5. The fourth-order valence-corrected chi connectivity index (χ4v) is 2.32. The molecule has 0 fully saturated rings. The quantitative estimate of drug-likeness (QED) is 0.699. The van der Waals surface area contributed by atoms with Gasteiger partial charge in [0.1, 0.15) is 5.65 Å². The van der Waals surface area contributed by atoms with Crippen molar-refractivity contribution in [2.45, 2.75) is 19.9 Å². The molecule has 0 aliphatic carbocycles. The van der Waals surface area contributed by atoms with Crippen molar-refractivity contribution in [2.24, 2.45) is 0 Å². The van der Waals surface area contributed by atoms with E-state index in [9.17, 15) is 4.79 Å². The molecule has 0 amide bonds. The lowest BCUT2D eigenvalue weighted by molar-refractivity contribution is 0.697. The van der Waals surface area contributed by atoms with Gasteiger partial charge < -0.3 is 0 Å². The highest BCUT2D eigenvalue weighted by Gasteiger charge is 2.11. The molecule has 5 heteroatoms. The van der Waals surface area contributed by atoms with Gasteiger partial charge in [-0.25, -0.2) is 4.52 Å². The van der Waals surface area contributed by atoms with Gasteiger partial charge in [-0.3, -0.25) is 9.36 Å². The van der Waals surface area contributed by atoms with Crippen LogP contribution in [0.4, 0.5) is 0 Å². The molecule has 0 bridgehead atoms. The molecular weight excluding hydrogens is 240 g/mol. The molecule has 0 radical (unpaired) electrons. The number of hydrogen-bond donors (Lipinski definition) is 0. The lowest BCUT2D eigenvalue weighted by atomic mass is 10.2. The fourth-order valence-electron chi connectivity index (χ4n) is 2.32. The van der Waals surface area contributed by atoms with Gasteiger partial charge in [-0.15, -0.1) is 0 Å². The van der Waals surface area contributed by atoms with Gasteiger partial charge in [0.15, 0.2) is 0 Å². The number of fused-ring (bicyclic) bond motifs is 3. The monoisotopic (exact) mass is 252 g/mol. The summed E-state index contributed by atoms with van der Waals surface area (Å²) in [5.74, 6) is 0. The summed E-state index contributed by atoms with van der Waals surface area (Å²) in [6.45, 7) is 2.27. The predicted molar refractivity (Wildman–Crippen MR) is 71.9 cm³/mol. The van der Waals surface area contributed by atoms with Crippen molar-refractivity contribution in [2.75, 3.05) is 0 Å². The standard InChI is InChI=1S/C14H12N4O/c1-10-9-13-17(8-4-7-15)14(19)11-5-2-3-6-12(11)18(13)16-10/h2-3,5-6,9H,4,8H2,1H3. The molecule has 0 aliphatic heterocycles. The SMILES string of the molecule is Cc1cc2n(CCC#N)c(=O)c3ccccc3n2n1. The van der Waals surface area contributed by atoms with Gasteiger partial charge in [0.05, 0.1) is 29.1 Å². The Balaban J connectivity index is 2.48. The largest absolute Gasteiger partial charge is 0.291 e. The number of nitrogens with zero attached hydrogens (tertiary/aromatic N) is 4. The van der Waals surface area contributed by atoms with Crippen molar-refractivity contribution >= 4 is 16.6 Å².